The molecular weight excluding hydrogens is 424 g/mol. The Balaban J connectivity index is 1.21. The number of anilines is 1. The van der Waals surface area contributed by atoms with Gasteiger partial charge in [-0.05, 0) is 48.5 Å². The SMILES string of the molecule is O=C(c1ccccc1)c1ccc(OC[C@@H](O)CN2CCN(c3ccc(Cl)cc3)CC2)cc1. The molecule has 0 bridgehead atoms. The van der Waals surface area contributed by atoms with Crippen LogP contribution in [0.5, 0.6) is 5.75 Å². The average molecular weight is 451 g/mol. The molecule has 0 unspecified atom stereocenters. The molecule has 1 saturated heterocycles. The highest BCUT2D eigenvalue weighted by atomic mass is 35.5. The van der Waals surface area contributed by atoms with Crippen LogP contribution in [0.25, 0.3) is 0 Å². The quantitative estimate of drug-likeness (QED) is 0.523. The summed E-state index contributed by atoms with van der Waals surface area (Å²) in [6.07, 6.45) is -0.581. The number of rotatable bonds is 8. The number of hydrogen-bond donors (Lipinski definition) is 1. The molecule has 1 aliphatic heterocycles. The molecule has 3 aromatic carbocycles. The molecule has 0 amide bonds. The van der Waals surface area contributed by atoms with Gasteiger partial charge in [0.15, 0.2) is 5.78 Å². The molecule has 1 fully saturated rings. The summed E-state index contributed by atoms with van der Waals surface area (Å²) in [6.45, 7) is 4.37. The molecule has 1 heterocycles. The van der Waals surface area contributed by atoms with Gasteiger partial charge in [-0.1, -0.05) is 41.9 Å². The molecule has 166 valence electrons. The van der Waals surface area contributed by atoms with E-state index >= 15 is 0 Å². The number of ether oxygens (including phenoxy) is 1. The van der Waals surface area contributed by atoms with Crippen LogP contribution in [0.15, 0.2) is 78.9 Å². The van der Waals surface area contributed by atoms with Gasteiger partial charge >= 0.3 is 0 Å². The maximum absolute atomic E-state index is 12.5. The lowest BCUT2D eigenvalue weighted by Gasteiger charge is -2.36. The van der Waals surface area contributed by atoms with Crippen molar-refractivity contribution in [1.29, 1.82) is 0 Å². The molecule has 0 saturated carbocycles. The lowest BCUT2D eigenvalue weighted by molar-refractivity contribution is 0.0663. The highest BCUT2D eigenvalue weighted by Gasteiger charge is 2.20. The van der Waals surface area contributed by atoms with Crippen molar-refractivity contribution >= 4 is 23.1 Å². The zero-order chi connectivity index (χ0) is 22.3. The summed E-state index contributed by atoms with van der Waals surface area (Å²) in [5, 5.41) is 11.2. The van der Waals surface area contributed by atoms with Crippen LogP contribution >= 0.6 is 11.6 Å². The first-order chi connectivity index (χ1) is 15.6. The molecule has 1 aliphatic rings. The lowest BCUT2D eigenvalue weighted by Crippen LogP contribution is -2.49. The second-order valence-electron chi connectivity index (χ2n) is 7.95. The number of ketones is 1. The molecule has 1 N–H and O–H groups in total. The highest BCUT2D eigenvalue weighted by molar-refractivity contribution is 6.30. The van der Waals surface area contributed by atoms with Gasteiger partial charge in [0.1, 0.15) is 18.5 Å². The monoisotopic (exact) mass is 450 g/mol. The van der Waals surface area contributed by atoms with Crippen LogP contribution in [0, 0.1) is 0 Å². The number of hydrogen-bond acceptors (Lipinski definition) is 5. The van der Waals surface area contributed by atoms with Gasteiger partial charge in [0, 0.05) is 54.6 Å². The maximum atomic E-state index is 12.5. The largest absolute Gasteiger partial charge is 0.491 e. The average Bonchev–Trinajstić information content (AvgIpc) is 2.84. The number of carbonyl (C=O) groups excluding carboxylic acids is 1. The molecule has 4 rings (SSSR count). The molecule has 0 aromatic heterocycles. The minimum Gasteiger partial charge on any atom is -0.491 e. The first-order valence-electron chi connectivity index (χ1n) is 10.8. The van der Waals surface area contributed by atoms with Crippen molar-refractivity contribution in [3.8, 4) is 5.75 Å². The van der Waals surface area contributed by atoms with Gasteiger partial charge in [0.25, 0.3) is 0 Å². The fraction of sp³-hybridized carbons (Fsp3) is 0.269. The van der Waals surface area contributed by atoms with Gasteiger partial charge in [-0.15, -0.1) is 0 Å². The smallest absolute Gasteiger partial charge is 0.193 e. The summed E-state index contributed by atoms with van der Waals surface area (Å²) in [4.78, 5) is 17.1. The minimum atomic E-state index is -0.581. The predicted molar refractivity (Wildman–Crippen MR) is 128 cm³/mol. The summed E-state index contributed by atoms with van der Waals surface area (Å²) in [5.74, 6) is 0.621. The number of β-amino-alcohol motifs (C(OH)–C–C–N with tert-alkyl or cyclic N) is 1. The van der Waals surface area contributed by atoms with E-state index in [2.05, 4.69) is 9.80 Å². The third-order valence-corrected chi connectivity index (χ3v) is 5.88. The van der Waals surface area contributed by atoms with E-state index in [0.717, 1.165) is 31.2 Å². The molecule has 5 nitrogen and oxygen atoms in total. The second kappa shape index (κ2) is 10.6. The number of carbonyl (C=O) groups is 1. The van der Waals surface area contributed by atoms with Gasteiger partial charge in [0.2, 0.25) is 0 Å². The van der Waals surface area contributed by atoms with Crippen LogP contribution in [0.3, 0.4) is 0 Å². The van der Waals surface area contributed by atoms with Crippen molar-refractivity contribution in [2.75, 3.05) is 44.2 Å². The van der Waals surface area contributed by atoms with Crippen molar-refractivity contribution in [1.82, 2.24) is 4.90 Å². The predicted octanol–water partition coefficient (Wildman–Crippen LogP) is 4.13. The Bertz CT molecular complexity index is 1000. The Hall–Kier alpha value is -2.86. The molecular formula is C26H27ClN2O3. The van der Waals surface area contributed by atoms with E-state index in [1.165, 1.54) is 5.69 Å². The molecule has 0 aliphatic carbocycles. The first-order valence-corrected chi connectivity index (χ1v) is 11.2. The number of benzene rings is 3. The summed E-state index contributed by atoms with van der Waals surface area (Å²) in [5.41, 5.74) is 2.45. The zero-order valence-electron chi connectivity index (χ0n) is 17.9. The third kappa shape index (κ3) is 5.88. The van der Waals surface area contributed by atoms with Crippen molar-refractivity contribution < 1.29 is 14.6 Å². The van der Waals surface area contributed by atoms with Crippen LogP contribution in [0.4, 0.5) is 5.69 Å². The van der Waals surface area contributed by atoms with E-state index in [9.17, 15) is 9.90 Å². The Kier molecular flexibility index (Phi) is 7.43. The van der Waals surface area contributed by atoms with Gasteiger partial charge in [-0.2, -0.15) is 0 Å². The number of halogens is 1. The Morgan fingerprint density at radius 1 is 0.875 bits per heavy atom. The Morgan fingerprint density at radius 2 is 1.50 bits per heavy atom. The number of nitrogens with zero attached hydrogens (tertiary/aromatic N) is 2. The third-order valence-electron chi connectivity index (χ3n) is 5.63. The highest BCUT2D eigenvalue weighted by Crippen LogP contribution is 2.20. The van der Waals surface area contributed by atoms with Gasteiger partial charge in [-0.3, -0.25) is 9.69 Å². The fourth-order valence-electron chi connectivity index (χ4n) is 3.84. The van der Waals surface area contributed by atoms with E-state index < -0.39 is 6.10 Å². The van der Waals surface area contributed by atoms with Crippen LogP contribution in [-0.4, -0.2) is 61.2 Å². The molecule has 32 heavy (non-hydrogen) atoms. The minimum absolute atomic E-state index is 0.0186. The van der Waals surface area contributed by atoms with Crippen LogP contribution < -0.4 is 9.64 Å². The van der Waals surface area contributed by atoms with Crippen molar-refractivity contribution in [2.24, 2.45) is 0 Å². The molecule has 6 heteroatoms. The van der Waals surface area contributed by atoms with Crippen molar-refractivity contribution in [3.63, 3.8) is 0 Å². The number of aliphatic hydroxyl groups is 1. The van der Waals surface area contributed by atoms with Crippen LogP contribution in [-0.2, 0) is 0 Å². The summed E-state index contributed by atoms with van der Waals surface area (Å²) < 4.78 is 5.74. The topological polar surface area (TPSA) is 53.0 Å². The van der Waals surface area contributed by atoms with Gasteiger partial charge in [-0.25, -0.2) is 0 Å². The van der Waals surface area contributed by atoms with Gasteiger partial charge in [0.05, 0.1) is 0 Å². The molecule has 0 spiro atoms. The second-order valence-corrected chi connectivity index (χ2v) is 8.38. The van der Waals surface area contributed by atoms with E-state index in [0.29, 0.717) is 23.4 Å². The summed E-state index contributed by atoms with van der Waals surface area (Å²) in [6, 6.07) is 24.2. The van der Waals surface area contributed by atoms with E-state index in [1.807, 2.05) is 42.5 Å². The van der Waals surface area contributed by atoms with Crippen molar-refractivity contribution in [2.45, 2.75) is 6.10 Å². The number of piperazine rings is 1. The fourth-order valence-corrected chi connectivity index (χ4v) is 3.97. The van der Waals surface area contributed by atoms with Crippen LogP contribution in [0.2, 0.25) is 5.02 Å². The molecule has 1 atom stereocenters. The van der Waals surface area contributed by atoms with E-state index in [1.54, 1.807) is 36.4 Å². The lowest BCUT2D eigenvalue weighted by atomic mass is 10.0. The first kappa shape index (κ1) is 22.3. The van der Waals surface area contributed by atoms with E-state index in [-0.39, 0.29) is 12.4 Å². The normalized spacial score (nSPS) is 15.4. The van der Waals surface area contributed by atoms with E-state index in [4.69, 9.17) is 16.3 Å². The van der Waals surface area contributed by atoms with Crippen LogP contribution in [0.1, 0.15) is 15.9 Å². The standard InChI is InChI=1S/C26H27ClN2O3/c27-22-8-10-23(11-9-22)29-16-14-28(15-17-29)18-24(30)19-32-25-12-6-21(7-13-25)26(31)20-4-2-1-3-5-20/h1-13,24,30H,14-19H2/t24-/m0/s1. The Labute approximate surface area is 193 Å². The molecule has 0 radical (unpaired) electrons. The number of aliphatic hydroxyl groups excluding tert-OH is 1. The molecule has 3 aromatic rings. The zero-order valence-corrected chi connectivity index (χ0v) is 18.6. The van der Waals surface area contributed by atoms with Gasteiger partial charge < -0.3 is 14.7 Å². The maximum Gasteiger partial charge on any atom is 0.193 e. The summed E-state index contributed by atoms with van der Waals surface area (Å²) in [7, 11) is 0. The van der Waals surface area contributed by atoms with Crippen molar-refractivity contribution in [3.05, 3.63) is 95.0 Å². The Morgan fingerprint density at radius 3 is 2.16 bits per heavy atom. The summed E-state index contributed by atoms with van der Waals surface area (Å²) >= 11 is 5.97.